The van der Waals surface area contributed by atoms with Gasteiger partial charge in [-0.2, -0.15) is 0 Å². The van der Waals surface area contributed by atoms with Crippen molar-refractivity contribution >= 4 is 27.5 Å². The molecule has 0 heterocycles. The fourth-order valence-corrected chi connectivity index (χ4v) is 2.73. The minimum Gasteiger partial charge on any atom is -0.487 e. The monoisotopic (exact) mass is 371 g/mol. The van der Waals surface area contributed by atoms with Gasteiger partial charge in [0.2, 0.25) is 0 Å². The van der Waals surface area contributed by atoms with Crippen LogP contribution in [-0.4, -0.2) is 6.54 Å². The van der Waals surface area contributed by atoms with Crippen LogP contribution in [0.2, 0.25) is 5.02 Å². The lowest BCUT2D eigenvalue weighted by molar-refractivity contribution is 0.301. The van der Waals surface area contributed by atoms with Crippen molar-refractivity contribution in [3.05, 3.63) is 62.8 Å². The first-order chi connectivity index (χ1) is 10.1. The number of rotatable bonds is 6. The van der Waals surface area contributed by atoms with E-state index in [0.29, 0.717) is 21.8 Å². The van der Waals surface area contributed by atoms with Crippen molar-refractivity contribution in [1.82, 2.24) is 5.32 Å². The number of para-hydroxylation sites is 1. The van der Waals surface area contributed by atoms with E-state index in [1.165, 1.54) is 12.1 Å². The lowest BCUT2D eigenvalue weighted by Crippen LogP contribution is -2.13. The quantitative estimate of drug-likeness (QED) is 0.776. The number of ether oxygens (including phenoxy) is 1. The number of hydrogen-bond acceptors (Lipinski definition) is 2. The van der Waals surface area contributed by atoms with Gasteiger partial charge in [-0.15, -0.1) is 0 Å². The topological polar surface area (TPSA) is 21.3 Å². The third kappa shape index (κ3) is 4.70. The molecule has 0 amide bonds. The highest BCUT2D eigenvalue weighted by atomic mass is 79.9. The highest BCUT2D eigenvalue weighted by Crippen LogP contribution is 2.29. The van der Waals surface area contributed by atoms with Crippen molar-refractivity contribution in [1.29, 1.82) is 0 Å². The van der Waals surface area contributed by atoms with Crippen molar-refractivity contribution in [2.24, 2.45) is 0 Å². The molecule has 0 saturated heterocycles. The third-order valence-corrected chi connectivity index (χ3v) is 3.67. The third-order valence-electron chi connectivity index (χ3n) is 2.92. The second-order valence-corrected chi connectivity index (χ2v) is 5.90. The summed E-state index contributed by atoms with van der Waals surface area (Å²) >= 11 is 9.47. The Kier molecular flexibility index (Phi) is 6.03. The predicted molar refractivity (Wildman–Crippen MR) is 87.3 cm³/mol. The standard InChI is InChI=1S/C16H16BrClFNO/c1-2-20-9-12-4-3-5-15(18)16(12)21-10-11-6-13(17)8-14(19)7-11/h3-8,20H,2,9-10H2,1H3. The van der Waals surface area contributed by atoms with E-state index in [1.54, 1.807) is 6.07 Å². The predicted octanol–water partition coefficient (Wildman–Crippen LogP) is 4.93. The van der Waals surface area contributed by atoms with Gasteiger partial charge in [0, 0.05) is 16.6 Å². The highest BCUT2D eigenvalue weighted by Gasteiger charge is 2.09. The lowest BCUT2D eigenvalue weighted by Gasteiger charge is -2.14. The van der Waals surface area contributed by atoms with Gasteiger partial charge in [-0.25, -0.2) is 4.39 Å². The fourth-order valence-electron chi connectivity index (χ4n) is 1.96. The summed E-state index contributed by atoms with van der Waals surface area (Å²) in [6.45, 7) is 3.84. The van der Waals surface area contributed by atoms with Gasteiger partial charge in [-0.05, 0) is 36.4 Å². The highest BCUT2D eigenvalue weighted by molar-refractivity contribution is 9.10. The van der Waals surface area contributed by atoms with Crippen molar-refractivity contribution in [3.63, 3.8) is 0 Å². The molecule has 0 atom stereocenters. The minimum absolute atomic E-state index is 0.263. The van der Waals surface area contributed by atoms with E-state index in [2.05, 4.69) is 21.2 Å². The molecule has 1 N–H and O–H groups in total. The summed E-state index contributed by atoms with van der Waals surface area (Å²) in [7, 11) is 0. The molecular formula is C16H16BrClFNO. The molecule has 2 aromatic rings. The largest absolute Gasteiger partial charge is 0.487 e. The number of hydrogen-bond donors (Lipinski definition) is 1. The molecule has 0 aliphatic rings. The number of halogens is 3. The molecule has 112 valence electrons. The van der Waals surface area contributed by atoms with E-state index < -0.39 is 0 Å². The molecule has 0 fully saturated rings. The Balaban J connectivity index is 2.15. The molecule has 2 aromatic carbocycles. The maximum atomic E-state index is 13.4. The van der Waals surface area contributed by atoms with Crippen molar-refractivity contribution in [2.45, 2.75) is 20.1 Å². The van der Waals surface area contributed by atoms with Crippen molar-refractivity contribution in [2.75, 3.05) is 6.54 Å². The first-order valence-corrected chi connectivity index (χ1v) is 7.83. The summed E-state index contributed by atoms with van der Waals surface area (Å²) in [5, 5.41) is 3.80. The smallest absolute Gasteiger partial charge is 0.142 e. The summed E-state index contributed by atoms with van der Waals surface area (Å²) in [6.07, 6.45) is 0. The molecule has 0 spiro atoms. The molecule has 0 bridgehead atoms. The molecule has 0 aromatic heterocycles. The van der Waals surface area contributed by atoms with Crippen LogP contribution in [-0.2, 0) is 13.2 Å². The van der Waals surface area contributed by atoms with Crippen LogP contribution in [0, 0.1) is 5.82 Å². The molecule has 0 unspecified atom stereocenters. The van der Waals surface area contributed by atoms with E-state index in [-0.39, 0.29) is 12.4 Å². The normalized spacial score (nSPS) is 10.7. The second-order valence-electron chi connectivity index (χ2n) is 4.57. The van der Waals surface area contributed by atoms with Gasteiger partial charge >= 0.3 is 0 Å². The van der Waals surface area contributed by atoms with Crippen LogP contribution >= 0.6 is 27.5 Å². The van der Waals surface area contributed by atoms with Gasteiger partial charge in [-0.1, -0.05) is 46.6 Å². The Morgan fingerprint density at radius 1 is 1.29 bits per heavy atom. The van der Waals surface area contributed by atoms with Crippen LogP contribution in [0.5, 0.6) is 5.75 Å². The summed E-state index contributed by atoms with van der Waals surface area (Å²) < 4.78 is 19.8. The zero-order chi connectivity index (χ0) is 15.2. The zero-order valence-corrected chi connectivity index (χ0v) is 14.0. The van der Waals surface area contributed by atoms with Gasteiger partial charge in [0.25, 0.3) is 0 Å². The summed E-state index contributed by atoms with van der Waals surface area (Å²) in [5.74, 6) is 0.343. The first kappa shape index (κ1) is 16.3. The molecule has 0 saturated carbocycles. The van der Waals surface area contributed by atoms with E-state index >= 15 is 0 Å². The Hall–Kier alpha value is -1.10. The molecule has 0 radical (unpaired) electrons. The first-order valence-electron chi connectivity index (χ1n) is 6.66. The van der Waals surface area contributed by atoms with E-state index in [4.69, 9.17) is 16.3 Å². The molecule has 5 heteroatoms. The summed E-state index contributed by atoms with van der Waals surface area (Å²) in [5.41, 5.74) is 1.73. The Morgan fingerprint density at radius 3 is 2.81 bits per heavy atom. The van der Waals surface area contributed by atoms with Crippen LogP contribution in [0.3, 0.4) is 0 Å². The summed E-state index contributed by atoms with van der Waals surface area (Å²) in [6, 6.07) is 10.3. The maximum Gasteiger partial charge on any atom is 0.142 e. The summed E-state index contributed by atoms with van der Waals surface area (Å²) in [4.78, 5) is 0. The minimum atomic E-state index is -0.296. The Labute approximate surface area is 137 Å². The van der Waals surface area contributed by atoms with Crippen LogP contribution < -0.4 is 10.1 Å². The number of nitrogens with one attached hydrogen (secondary N) is 1. The van der Waals surface area contributed by atoms with Crippen molar-refractivity contribution in [3.8, 4) is 5.75 Å². The molecule has 2 nitrogen and oxygen atoms in total. The average molecular weight is 373 g/mol. The Morgan fingerprint density at radius 2 is 2.10 bits per heavy atom. The lowest BCUT2D eigenvalue weighted by atomic mass is 10.2. The van der Waals surface area contributed by atoms with E-state index in [1.807, 2.05) is 25.1 Å². The van der Waals surface area contributed by atoms with E-state index in [9.17, 15) is 4.39 Å². The zero-order valence-electron chi connectivity index (χ0n) is 11.6. The fraction of sp³-hybridized carbons (Fsp3) is 0.250. The average Bonchev–Trinajstić information content (AvgIpc) is 2.43. The van der Waals surface area contributed by atoms with Gasteiger partial charge in [0.1, 0.15) is 18.2 Å². The van der Waals surface area contributed by atoms with E-state index in [0.717, 1.165) is 17.7 Å². The second kappa shape index (κ2) is 7.78. The Bertz CT molecular complexity index is 601. The van der Waals surface area contributed by atoms with Crippen LogP contribution in [0.4, 0.5) is 4.39 Å². The van der Waals surface area contributed by atoms with Crippen LogP contribution in [0.1, 0.15) is 18.1 Å². The molecule has 0 aliphatic heterocycles. The van der Waals surface area contributed by atoms with Gasteiger partial charge in [0.05, 0.1) is 5.02 Å². The molecule has 2 rings (SSSR count). The van der Waals surface area contributed by atoms with Crippen molar-refractivity contribution < 1.29 is 9.13 Å². The number of benzene rings is 2. The van der Waals surface area contributed by atoms with Crippen LogP contribution in [0.25, 0.3) is 0 Å². The molecule has 21 heavy (non-hydrogen) atoms. The molecular weight excluding hydrogens is 357 g/mol. The maximum absolute atomic E-state index is 13.4. The van der Waals surface area contributed by atoms with Gasteiger partial charge < -0.3 is 10.1 Å². The van der Waals surface area contributed by atoms with Gasteiger partial charge in [0.15, 0.2) is 0 Å². The SMILES string of the molecule is CCNCc1cccc(Cl)c1OCc1cc(F)cc(Br)c1. The van der Waals surface area contributed by atoms with Gasteiger partial charge in [-0.3, -0.25) is 0 Å². The molecule has 0 aliphatic carbocycles. The van der Waals surface area contributed by atoms with Crippen LogP contribution in [0.15, 0.2) is 40.9 Å².